The smallest absolute Gasteiger partial charge is 0.330 e. The monoisotopic (exact) mass is 199 g/mol. The Morgan fingerprint density at radius 2 is 1.93 bits per heavy atom. The molecule has 1 heterocycles. The highest BCUT2D eigenvalue weighted by molar-refractivity contribution is 5.97. The number of rotatable bonds is 2. The van der Waals surface area contributed by atoms with Gasteiger partial charge in [-0.2, -0.15) is 0 Å². The van der Waals surface area contributed by atoms with Crippen LogP contribution in [0, 0.1) is 5.92 Å². The maximum atomic E-state index is 11.3. The third-order valence-electron chi connectivity index (χ3n) is 1.98. The van der Waals surface area contributed by atoms with Crippen LogP contribution >= 0.6 is 0 Å². The average molecular weight is 199 g/mol. The lowest BCUT2D eigenvalue weighted by Gasteiger charge is -2.25. The molecule has 1 rings (SSSR count). The van der Waals surface area contributed by atoms with Gasteiger partial charge in [-0.1, -0.05) is 13.8 Å². The van der Waals surface area contributed by atoms with E-state index in [4.69, 9.17) is 0 Å². The van der Waals surface area contributed by atoms with Crippen LogP contribution in [0.2, 0.25) is 0 Å². The Labute approximate surface area is 82.0 Å². The Kier molecular flexibility index (Phi) is 3.22. The first-order valence-corrected chi connectivity index (χ1v) is 4.61. The van der Waals surface area contributed by atoms with Gasteiger partial charge in [-0.3, -0.25) is 9.59 Å². The van der Waals surface area contributed by atoms with Crippen LogP contribution in [0.1, 0.15) is 33.1 Å². The van der Waals surface area contributed by atoms with Gasteiger partial charge in [-0.25, -0.2) is 4.79 Å². The number of carbonyl (C=O) groups excluding carboxylic acids is 3. The minimum absolute atomic E-state index is 0.0339. The fourth-order valence-electron chi connectivity index (χ4n) is 1.24. The normalized spacial score (nSPS) is 18.6. The predicted octanol–water partition coefficient (Wildman–Crippen LogP) is 0.640. The van der Waals surface area contributed by atoms with E-state index in [2.05, 4.69) is 4.84 Å². The van der Waals surface area contributed by atoms with Crippen molar-refractivity contribution in [3.63, 3.8) is 0 Å². The van der Waals surface area contributed by atoms with E-state index in [1.165, 1.54) is 0 Å². The molecule has 0 N–H and O–H groups in total. The summed E-state index contributed by atoms with van der Waals surface area (Å²) in [6, 6.07) is 0. The molecule has 0 aliphatic carbocycles. The number of carbonyl (C=O) groups is 3. The van der Waals surface area contributed by atoms with E-state index in [1.807, 2.05) is 6.92 Å². The minimum Gasteiger partial charge on any atom is -0.330 e. The zero-order chi connectivity index (χ0) is 10.7. The molecule has 0 aromatic heterocycles. The molecule has 0 bridgehead atoms. The Hall–Kier alpha value is -1.39. The largest absolute Gasteiger partial charge is 0.332 e. The van der Waals surface area contributed by atoms with Crippen LogP contribution in [-0.2, 0) is 19.2 Å². The summed E-state index contributed by atoms with van der Waals surface area (Å²) in [4.78, 5) is 38.1. The summed E-state index contributed by atoms with van der Waals surface area (Å²) < 4.78 is 0. The van der Waals surface area contributed by atoms with Gasteiger partial charge in [0.1, 0.15) is 0 Å². The molecule has 0 aromatic carbocycles. The number of imide groups is 1. The maximum Gasteiger partial charge on any atom is 0.332 e. The second kappa shape index (κ2) is 4.21. The molecule has 1 saturated heterocycles. The number of hydrogen-bond donors (Lipinski definition) is 0. The van der Waals surface area contributed by atoms with Crippen molar-refractivity contribution < 1.29 is 19.2 Å². The van der Waals surface area contributed by atoms with E-state index in [-0.39, 0.29) is 25.2 Å². The topological polar surface area (TPSA) is 63.7 Å². The van der Waals surface area contributed by atoms with E-state index in [1.54, 1.807) is 6.92 Å². The van der Waals surface area contributed by atoms with Gasteiger partial charge in [-0.05, 0) is 5.92 Å². The van der Waals surface area contributed by atoms with Crippen LogP contribution in [0.5, 0.6) is 0 Å². The van der Waals surface area contributed by atoms with Crippen LogP contribution in [0.4, 0.5) is 0 Å². The standard InChI is InChI=1S/C9H13NO4/c1-3-9(13)14-10-7(11)4-6(2)5-8(10)12/h6H,3-5H2,1-2H3. The Morgan fingerprint density at radius 3 is 2.36 bits per heavy atom. The number of hydrogen-bond acceptors (Lipinski definition) is 4. The van der Waals surface area contributed by atoms with Crippen LogP contribution in [-0.4, -0.2) is 22.8 Å². The number of hydroxylamine groups is 2. The lowest BCUT2D eigenvalue weighted by Crippen LogP contribution is -2.43. The molecule has 2 amide bonds. The molecule has 0 unspecified atom stereocenters. The zero-order valence-electron chi connectivity index (χ0n) is 8.28. The van der Waals surface area contributed by atoms with Crippen LogP contribution in [0.3, 0.4) is 0 Å². The van der Waals surface area contributed by atoms with Crippen molar-refractivity contribution in [1.29, 1.82) is 0 Å². The first kappa shape index (κ1) is 10.7. The molecule has 78 valence electrons. The molecular formula is C9H13NO4. The predicted molar refractivity (Wildman–Crippen MR) is 46.6 cm³/mol. The minimum atomic E-state index is -0.568. The molecule has 1 aliphatic heterocycles. The lowest BCUT2D eigenvalue weighted by molar-refractivity contribution is -0.206. The van der Waals surface area contributed by atoms with Crippen LogP contribution in [0.15, 0.2) is 0 Å². The molecule has 0 saturated carbocycles. The SMILES string of the molecule is CCC(=O)ON1C(=O)CC(C)CC1=O. The van der Waals surface area contributed by atoms with E-state index < -0.39 is 17.8 Å². The highest BCUT2D eigenvalue weighted by Gasteiger charge is 2.33. The summed E-state index contributed by atoms with van der Waals surface area (Å²) in [5.41, 5.74) is 0. The molecular weight excluding hydrogens is 186 g/mol. The molecule has 1 fully saturated rings. The van der Waals surface area contributed by atoms with Crippen molar-refractivity contribution in [1.82, 2.24) is 5.06 Å². The maximum absolute atomic E-state index is 11.3. The molecule has 1 aliphatic rings. The Bertz CT molecular complexity index is 256. The van der Waals surface area contributed by atoms with Gasteiger partial charge in [0, 0.05) is 19.3 Å². The quantitative estimate of drug-likeness (QED) is 0.612. The van der Waals surface area contributed by atoms with Gasteiger partial charge in [0.2, 0.25) is 0 Å². The average Bonchev–Trinajstić information content (AvgIpc) is 2.10. The molecule has 5 heteroatoms. The van der Waals surface area contributed by atoms with Crippen molar-refractivity contribution in [3.05, 3.63) is 0 Å². The number of nitrogens with zero attached hydrogens (tertiary/aromatic N) is 1. The molecule has 5 nitrogen and oxygen atoms in total. The fraction of sp³-hybridized carbons (Fsp3) is 0.667. The van der Waals surface area contributed by atoms with Crippen LogP contribution < -0.4 is 0 Å². The van der Waals surface area contributed by atoms with Gasteiger partial charge in [0.15, 0.2) is 0 Å². The van der Waals surface area contributed by atoms with E-state index in [9.17, 15) is 14.4 Å². The Balaban J connectivity index is 2.63. The van der Waals surface area contributed by atoms with Gasteiger partial charge in [0.05, 0.1) is 0 Å². The fourth-order valence-corrected chi connectivity index (χ4v) is 1.24. The highest BCUT2D eigenvalue weighted by atomic mass is 16.7. The first-order chi connectivity index (χ1) is 6.54. The molecule has 0 aromatic rings. The van der Waals surface area contributed by atoms with E-state index in [0.717, 1.165) is 0 Å². The second-order valence-electron chi connectivity index (χ2n) is 3.41. The third kappa shape index (κ3) is 2.31. The summed E-state index contributed by atoms with van der Waals surface area (Å²) in [6.45, 7) is 3.42. The Morgan fingerprint density at radius 1 is 1.43 bits per heavy atom. The molecule has 14 heavy (non-hydrogen) atoms. The van der Waals surface area contributed by atoms with Crippen molar-refractivity contribution in [3.8, 4) is 0 Å². The van der Waals surface area contributed by atoms with E-state index in [0.29, 0.717) is 5.06 Å². The van der Waals surface area contributed by atoms with Gasteiger partial charge in [-0.15, -0.1) is 5.06 Å². The van der Waals surface area contributed by atoms with Gasteiger partial charge >= 0.3 is 5.97 Å². The zero-order valence-corrected chi connectivity index (χ0v) is 8.28. The third-order valence-corrected chi connectivity index (χ3v) is 1.98. The van der Waals surface area contributed by atoms with Gasteiger partial charge < -0.3 is 4.84 Å². The lowest BCUT2D eigenvalue weighted by atomic mass is 9.99. The van der Waals surface area contributed by atoms with Crippen LogP contribution in [0.25, 0.3) is 0 Å². The van der Waals surface area contributed by atoms with E-state index >= 15 is 0 Å². The van der Waals surface area contributed by atoms with Crippen molar-refractivity contribution in [2.75, 3.05) is 0 Å². The molecule has 0 atom stereocenters. The molecule has 0 spiro atoms. The summed E-state index contributed by atoms with van der Waals surface area (Å²) in [5, 5.41) is 0.589. The summed E-state index contributed by atoms with van der Waals surface area (Å²) in [7, 11) is 0. The number of piperidine rings is 1. The van der Waals surface area contributed by atoms with Crippen molar-refractivity contribution in [2.45, 2.75) is 33.1 Å². The van der Waals surface area contributed by atoms with Gasteiger partial charge in [0.25, 0.3) is 11.8 Å². The highest BCUT2D eigenvalue weighted by Crippen LogP contribution is 2.19. The molecule has 0 radical (unpaired) electrons. The summed E-state index contributed by atoms with van der Waals surface area (Å²) in [6.07, 6.45) is 0.651. The first-order valence-electron chi connectivity index (χ1n) is 4.61. The van der Waals surface area contributed by atoms with Crippen molar-refractivity contribution in [2.24, 2.45) is 5.92 Å². The van der Waals surface area contributed by atoms with Crippen molar-refractivity contribution >= 4 is 17.8 Å². The number of amides is 2. The summed E-state index contributed by atoms with van der Waals surface area (Å²) >= 11 is 0. The second-order valence-corrected chi connectivity index (χ2v) is 3.41. The summed E-state index contributed by atoms with van der Waals surface area (Å²) in [5.74, 6) is -1.40.